The maximum Gasteiger partial charge on any atom is 0.226 e. The lowest BCUT2D eigenvalue weighted by Gasteiger charge is -2.32. The van der Waals surface area contributed by atoms with Gasteiger partial charge in [0.2, 0.25) is 5.91 Å². The van der Waals surface area contributed by atoms with Crippen LogP contribution in [-0.2, 0) is 4.79 Å². The zero-order valence-corrected chi connectivity index (χ0v) is 17.8. The van der Waals surface area contributed by atoms with Crippen molar-refractivity contribution in [3.05, 3.63) is 29.3 Å². The van der Waals surface area contributed by atoms with Gasteiger partial charge in [-0.1, -0.05) is 72.8 Å². The van der Waals surface area contributed by atoms with Crippen molar-refractivity contribution in [3.63, 3.8) is 0 Å². The van der Waals surface area contributed by atoms with E-state index in [2.05, 4.69) is 64.6 Å². The highest BCUT2D eigenvalue weighted by Gasteiger charge is 2.23. The lowest BCUT2D eigenvalue weighted by molar-refractivity contribution is -0.118. The van der Waals surface area contributed by atoms with E-state index >= 15 is 0 Å². The normalized spacial score (nSPS) is 10.4. The lowest BCUT2D eigenvalue weighted by atomic mass is 9.99. The van der Waals surface area contributed by atoms with E-state index in [4.69, 9.17) is 0 Å². The van der Waals surface area contributed by atoms with Crippen LogP contribution in [0.1, 0.15) is 97.1 Å². The van der Waals surface area contributed by atoms with Crippen molar-refractivity contribution in [2.24, 2.45) is 0 Å². The summed E-state index contributed by atoms with van der Waals surface area (Å²) in [6.07, 6.45) is 8.78. The Bertz CT molecular complexity index is 473. The minimum Gasteiger partial charge on any atom is -0.309 e. The molecule has 0 saturated carbocycles. The Balaban J connectivity index is 0.00000178. The summed E-state index contributed by atoms with van der Waals surface area (Å²) in [5.41, 5.74) is 3.62. The molecular formula is C23H41NO. The molecule has 0 aliphatic carbocycles. The first-order valence-corrected chi connectivity index (χ1v) is 10.4. The highest BCUT2D eigenvalue weighted by atomic mass is 16.2. The van der Waals surface area contributed by atoms with Crippen LogP contribution < -0.4 is 4.90 Å². The molecule has 0 radical (unpaired) electrons. The number of carbonyl (C=O) groups is 1. The second-order valence-corrected chi connectivity index (χ2v) is 7.03. The topological polar surface area (TPSA) is 20.3 Å². The molecule has 1 aromatic carbocycles. The fourth-order valence-electron chi connectivity index (χ4n) is 2.89. The molecule has 0 aromatic heterocycles. The van der Waals surface area contributed by atoms with E-state index in [0.29, 0.717) is 12.5 Å². The highest BCUT2D eigenvalue weighted by Crippen LogP contribution is 2.26. The van der Waals surface area contributed by atoms with Gasteiger partial charge >= 0.3 is 0 Å². The van der Waals surface area contributed by atoms with Gasteiger partial charge in [-0.15, -0.1) is 0 Å². The molecule has 2 heteroatoms. The molecule has 0 aliphatic heterocycles. The van der Waals surface area contributed by atoms with Crippen molar-refractivity contribution in [2.45, 2.75) is 106 Å². The van der Waals surface area contributed by atoms with Gasteiger partial charge < -0.3 is 4.90 Å². The quantitative estimate of drug-likeness (QED) is 0.462. The molecule has 0 N–H and O–H groups in total. The maximum atomic E-state index is 12.6. The van der Waals surface area contributed by atoms with Gasteiger partial charge in [0, 0.05) is 18.2 Å². The van der Waals surface area contributed by atoms with Crippen LogP contribution in [0.25, 0.3) is 0 Å². The van der Waals surface area contributed by atoms with Crippen molar-refractivity contribution in [3.8, 4) is 0 Å². The number of rotatable bonds is 9. The smallest absolute Gasteiger partial charge is 0.226 e. The number of amides is 1. The minimum absolute atomic E-state index is 0.250. The molecule has 0 bridgehead atoms. The molecule has 0 saturated heterocycles. The van der Waals surface area contributed by atoms with Crippen LogP contribution in [0.3, 0.4) is 0 Å². The molecule has 25 heavy (non-hydrogen) atoms. The molecule has 0 aliphatic rings. The molecule has 1 rings (SSSR count). The molecule has 1 amide bonds. The third-order valence-corrected chi connectivity index (χ3v) is 4.49. The average Bonchev–Trinajstić information content (AvgIpc) is 2.60. The molecule has 0 spiro atoms. The van der Waals surface area contributed by atoms with Gasteiger partial charge in [0.25, 0.3) is 0 Å². The number of hydrogen-bond donors (Lipinski definition) is 0. The van der Waals surface area contributed by atoms with Crippen LogP contribution in [0.15, 0.2) is 18.2 Å². The summed E-state index contributed by atoms with van der Waals surface area (Å²) >= 11 is 0. The van der Waals surface area contributed by atoms with E-state index in [-0.39, 0.29) is 5.91 Å². The fraction of sp³-hybridized carbons (Fsp3) is 0.696. The Labute approximate surface area is 157 Å². The van der Waals surface area contributed by atoms with Gasteiger partial charge in [0.05, 0.1) is 0 Å². The summed E-state index contributed by atoms with van der Waals surface area (Å²) in [4.78, 5) is 14.7. The average molecular weight is 348 g/mol. The van der Waals surface area contributed by atoms with Crippen LogP contribution in [0.5, 0.6) is 0 Å². The van der Waals surface area contributed by atoms with Crippen molar-refractivity contribution in [2.75, 3.05) is 4.90 Å². The van der Waals surface area contributed by atoms with Crippen molar-refractivity contribution in [1.82, 2.24) is 0 Å². The summed E-state index contributed by atoms with van der Waals surface area (Å²) in [7, 11) is 0. The summed E-state index contributed by atoms with van der Waals surface area (Å²) < 4.78 is 0. The monoisotopic (exact) mass is 347 g/mol. The Kier molecular flexibility index (Phi) is 13.2. The van der Waals surface area contributed by atoms with Crippen molar-refractivity contribution >= 4 is 11.6 Å². The van der Waals surface area contributed by atoms with Gasteiger partial charge in [-0.3, -0.25) is 4.79 Å². The van der Waals surface area contributed by atoms with Crippen LogP contribution in [-0.4, -0.2) is 11.9 Å². The summed E-state index contributed by atoms with van der Waals surface area (Å²) in [5, 5.41) is 0. The first-order valence-electron chi connectivity index (χ1n) is 10.4. The SMILES string of the molecule is CCC.CCCCC(CCCC)N(C(=O)CC)c1ccc(C)c(C)c1. The van der Waals surface area contributed by atoms with Crippen LogP contribution in [0.2, 0.25) is 0 Å². The van der Waals surface area contributed by atoms with Gasteiger partial charge in [0.15, 0.2) is 0 Å². The third kappa shape index (κ3) is 8.56. The zero-order chi connectivity index (χ0) is 19.2. The second-order valence-electron chi connectivity index (χ2n) is 7.03. The summed E-state index contributed by atoms with van der Waals surface area (Å²) in [6, 6.07) is 6.76. The number of carbonyl (C=O) groups excluding carboxylic acids is 1. The molecule has 0 atom stereocenters. The summed E-state index contributed by atoms with van der Waals surface area (Å²) in [5.74, 6) is 0.250. The van der Waals surface area contributed by atoms with E-state index < -0.39 is 0 Å². The van der Waals surface area contributed by atoms with E-state index in [9.17, 15) is 4.79 Å². The molecule has 2 nitrogen and oxygen atoms in total. The largest absolute Gasteiger partial charge is 0.309 e. The molecule has 1 aromatic rings. The first kappa shape index (κ1) is 23.7. The third-order valence-electron chi connectivity index (χ3n) is 4.49. The molecule has 0 heterocycles. The Morgan fingerprint density at radius 3 is 1.84 bits per heavy atom. The molecule has 0 unspecified atom stereocenters. The number of aryl methyl sites for hydroxylation is 2. The predicted octanol–water partition coefficient (Wildman–Crippen LogP) is 7.21. The number of hydrogen-bond acceptors (Lipinski definition) is 1. The van der Waals surface area contributed by atoms with Crippen LogP contribution in [0.4, 0.5) is 5.69 Å². The Morgan fingerprint density at radius 2 is 1.44 bits per heavy atom. The van der Waals surface area contributed by atoms with E-state index in [1.165, 1.54) is 43.2 Å². The van der Waals surface area contributed by atoms with Crippen LogP contribution >= 0.6 is 0 Å². The highest BCUT2D eigenvalue weighted by molar-refractivity contribution is 5.93. The van der Waals surface area contributed by atoms with Gasteiger partial charge in [-0.25, -0.2) is 0 Å². The Morgan fingerprint density at radius 1 is 0.920 bits per heavy atom. The lowest BCUT2D eigenvalue weighted by Crippen LogP contribution is -2.40. The Hall–Kier alpha value is -1.31. The van der Waals surface area contributed by atoms with Gasteiger partial charge in [0.1, 0.15) is 0 Å². The van der Waals surface area contributed by atoms with E-state index in [0.717, 1.165) is 18.5 Å². The first-order chi connectivity index (χ1) is 12.0. The molecule has 0 fully saturated rings. The molecule has 144 valence electrons. The standard InChI is InChI=1S/C20H33NO.C3H8/c1-6-9-11-18(12-10-7-2)21(20(22)8-3)19-14-13-16(4)17(5)15-19;1-3-2/h13-15,18H,6-12H2,1-5H3;3H2,1-2H3. The maximum absolute atomic E-state index is 12.6. The number of unbranched alkanes of at least 4 members (excludes halogenated alkanes) is 2. The number of anilines is 1. The minimum atomic E-state index is 0.250. The fourth-order valence-corrected chi connectivity index (χ4v) is 2.89. The van der Waals surface area contributed by atoms with Gasteiger partial charge in [-0.2, -0.15) is 0 Å². The van der Waals surface area contributed by atoms with E-state index in [1.807, 2.05) is 6.92 Å². The van der Waals surface area contributed by atoms with E-state index in [1.54, 1.807) is 0 Å². The van der Waals surface area contributed by atoms with Crippen molar-refractivity contribution < 1.29 is 4.79 Å². The summed E-state index contributed by atoms with van der Waals surface area (Å²) in [6.45, 7) is 14.9. The number of benzene rings is 1. The zero-order valence-electron chi connectivity index (χ0n) is 17.8. The predicted molar refractivity (Wildman–Crippen MR) is 112 cm³/mol. The molecular weight excluding hydrogens is 306 g/mol. The van der Waals surface area contributed by atoms with Crippen LogP contribution in [0, 0.1) is 13.8 Å². The van der Waals surface area contributed by atoms with Gasteiger partial charge in [-0.05, 0) is 49.9 Å². The van der Waals surface area contributed by atoms with Crippen molar-refractivity contribution in [1.29, 1.82) is 0 Å². The number of nitrogens with zero attached hydrogens (tertiary/aromatic N) is 1. The second kappa shape index (κ2) is 13.9.